The predicted molar refractivity (Wildman–Crippen MR) is 96.1 cm³/mol. The van der Waals surface area contributed by atoms with E-state index in [0.29, 0.717) is 5.76 Å². The molecule has 0 amide bonds. The molecule has 0 bridgehead atoms. The van der Waals surface area contributed by atoms with Crippen LogP contribution >= 0.6 is 0 Å². The van der Waals surface area contributed by atoms with E-state index in [1.165, 1.54) is 7.11 Å². The van der Waals surface area contributed by atoms with Gasteiger partial charge in [-0.2, -0.15) is 0 Å². The van der Waals surface area contributed by atoms with Crippen molar-refractivity contribution < 1.29 is 18.4 Å². The van der Waals surface area contributed by atoms with E-state index in [-0.39, 0.29) is 5.97 Å². The van der Waals surface area contributed by atoms with Gasteiger partial charge in [0.05, 0.1) is 8.07 Å². The van der Waals surface area contributed by atoms with Crippen LogP contribution in [0.2, 0.25) is 58.9 Å². The summed E-state index contributed by atoms with van der Waals surface area (Å²) in [6.45, 7) is 18.9. The van der Waals surface area contributed by atoms with E-state index in [2.05, 4.69) is 45.0 Å². The number of carbonyl (C=O) groups excluding carboxylic acids is 1. The van der Waals surface area contributed by atoms with Crippen LogP contribution in [0.25, 0.3) is 0 Å². The third-order valence-corrected chi connectivity index (χ3v) is 4.93. The zero-order valence-electron chi connectivity index (χ0n) is 15.3. The standard InChI is InChI=1S/C14H32O4Si3/c1-16-13(14(15)18-21(8,9)10)12(11-19(2,3)4)17-20(5,6)7/h11,13H,1-10H3/b12-11-. The Balaban J connectivity index is 5.46. The van der Waals surface area contributed by atoms with Crippen LogP contribution in [-0.4, -0.2) is 43.9 Å². The van der Waals surface area contributed by atoms with Crippen molar-refractivity contribution in [2.24, 2.45) is 0 Å². The lowest BCUT2D eigenvalue weighted by Crippen LogP contribution is -2.40. The maximum absolute atomic E-state index is 12.4. The number of methoxy groups -OCH3 is 1. The summed E-state index contributed by atoms with van der Waals surface area (Å²) in [5.41, 5.74) is 2.10. The summed E-state index contributed by atoms with van der Waals surface area (Å²) in [6, 6.07) is 0. The van der Waals surface area contributed by atoms with Crippen molar-refractivity contribution in [1.82, 2.24) is 0 Å². The van der Waals surface area contributed by atoms with Crippen molar-refractivity contribution in [3.63, 3.8) is 0 Å². The fourth-order valence-corrected chi connectivity index (χ4v) is 4.39. The first-order valence-electron chi connectivity index (χ1n) is 7.32. The third-order valence-electron chi connectivity index (χ3n) is 2.11. The monoisotopic (exact) mass is 348 g/mol. The van der Waals surface area contributed by atoms with E-state index in [0.717, 1.165) is 0 Å². The minimum atomic E-state index is -1.95. The Morgan fingerprint density at radius 1 is 0.857 bits per heavy atom. The van der Waals surface area contributed by atoms with Crippen LogP contribution in [-0.2, 0) is 18.4 Å². The van der Waals surface area contributed by atoms with Gasteiger partial charge in [-0.05, 0) is 39.3 Å². The van der Waals surface area contributed by atoms with Gasteiger partial charge in [0.1, 0.15) is 5.76 Å². The molecule has 0 fully saturated rings. The Morgan fingerprint density at radius 3 is 1.57 bits per heavy atom. The first-order chi connectivity index (χ1) is 9.14. The lowest BCUT2D eigenvalue weighted by Gasteiger charge is -2.29. The quantitative estimate of drug-likeness (QED) is 0.515. The van der Waals surface area contributed by atoms with Gasteiger partial charge in [0.25, 0.3) is 0 Å². The Morgan fingerprint density at radius 2 is 1.29 bits per heavy atom. The molecule has 0 aliphatic carbocycles. The minimum Gasteiger partial charge on any atom is -0.545 e. The number of carbonyl (C=O) groups is 1. The van der Waals surface area contributed by atoms with Gasteiger partial charge in [-0.15, -0.1) is 0 Å². The van der Waals surface area contributed by atoms with E-state index in [1.807, 2.05) is 19.6 Å². The molecule has 0 radical (unpaired) electrons. The summed E-state index contributed by atoms with van der Waals surface area (Å²) in [4.78, 5) is 12.4. The second-order valence-corrected chi connectivity index (χ2v) is 22.2. The van der Waals surface area contributed by atoms with Gasteiger partial charge in [0.2, 0.25) is 22.7 Å². The van der Waals surface area contributed by atoms with Gasteiger partial charge in [0.15, 0.2) is 0 Å². The molecular formula is C14H32O4Si3. The van der Waals surface area contributed by atoms with Crippen LogP contribution in [0.3, 0.4) is 0 Å². The highest BCUT2D eigenvalue weighted by molar-refractivity contribution is 6.81. The van der Waals surface area contributed by atoms with Gasteiger partial charge in [-0.25, -0.2) is 0 Å². The molecule has 0 spiro atoms. The van der Waals surface area contributed by atoms with Crippen molar-refractivity contribution in [1.29, 1.82) is 0 Å². The zero-order chi connectivity index (χ0) is 17.1. The summed E-state index contributed by atoms with van der Waals surface area (Å²) in [5.74, 6) is 0.304. The van der Waals surface area contributed by atoms with Crippen LogP contribution in [0.4, 0.5) is 0 Å². The highest BCUT2D eigenvalue weighted by atomic mass is 28.4. The first kappa shape index (κ1) is 20.6. The third kappa shape index (κ3) is 10.0. The number of hydrogen-bond acceptors (Lipinski definition) is 4. The molecule has 0 aromatic heterocycles. The normalized spacial score (nSPS) is 15.6. The summed E-state index contributed by atoms with van der Waals surface area (Å²) in [5, 5.41) is 0. The Kier molecular flexibility index (Phi) is 7.12. The predicted octanol–water partition coefficient (Wildman–Crippen LogP) is 3.99. The van der Waals surface area contributed by atoms with E-state index in [1.54, 1.807) is 0 Å². The first-order valence-corrected chi connectivity index (χ1v) is 17.7. The summed E-state index contributed by atoms with van der Waals surface area (Å²) in [6.07, 6.45) is -0.754. The summed E-state index contributed by atoms with van der Waals surface area (Å²) >= 11 is 0. The fourth-order valence-electron chi connectivity index (χ4n) is 1.62. The average Bonchev–Trinajstić information content (AvgIpc) is 2.09. The van der Waals surface area contributed by atoms with Gasteiger partial charge < -0.3 is 13.6 Å². The Labute approximate surface area is 133 Å². The van der Waals surface area contributed by atoms with E-state index in [9.17, 15) is 4.79 Å². The molecule has 7 heteroatoms. The molecule has 21 heavy (non-hydrogen) atoms. The molecule has 0 aliphatic rings. The van der Waals surface area contributed by atoms with Crippen LogP contribution in [0.15, 0.2) is 11.5 Å². The minimum absolute atomic E-state index is 0.334. The molecule has 4 nitrogen and oxygen atoms in total. The van der Waals surface area contributed by atoms with E-state index >= 15 is 0 Å². The van der Waals surface area contributed by atoms with Crippen molar-refractivity contribution in [2.75, 3.05) is 7.11 Å². The topological polar surface area (TPSA) is 44.8 Å². The van der Waals surface area contributed by atoms with Gasteiger partial charge in [-0.1, -0.05) is 25.3 Å². The fraction of sp³-hybridized carbons (Fsp3) is 0.786. The maximum atomic E-state index is 12.4. The van der Waals surface area contributed by atoms with Crippen molar-refractivity contribution in [3.05, 3.63) is 11.5 Å². The molecule has 0 aromatic rings. The number of rotatable bonds is 7. The number of ether oxygens (including phenoxy) is 1. The second kappa shape index (κ2) is 7.26. The van der Waals surface area contributed by atoms with E-state index < -0.39 is 30.8 Å². The van der Waals surface area contributed by atoms with Gasteiger partial charge >= 0.3 is 5.97 Å². The van der Waals surface area contributed by atoms with Crippen LogP contribution in [0.1, 0.15) is 0 Å². The summed E-state index contributed by atoms with van der Waals surface area (Å²) in [7, 11) is -3.79. The SMILES string of the molecule is COC(C(=O)O[Si](C)(C)C)/C(=C/[Si](C)(C)C)O[Si](C)(C)C. The largest absolute Gasteiger partial charge is 0.545 e. The number of hydrogen-bond donors (Lipinski definition) is 0. The smallest absolute Gasteiger partial charge is 0.329 e. The molecule has 0 saturated carbocycles. The Bertz CT molecular complexity index is 386. The molecule has 1 unspecified atom stereocenters. The highest BCUT2D eigenvalue weighted by Gasteiger charge is 2.33. The maximum Gasteiger partial charge on any atom is 0.329 e. The van der Waals surface area contributed by atoms with Crippen molar-refractivity contribution >= 4 is 30.7 Å². The highest BCUT2D eigenvalue weighted by Crippen LogP contribution is 2.21. The Hall–Kier alpha value is -0.379. The molecule has 0 rings (SSSR count). The molecule has 0 aromatic carbocycles. The molecule has 0 saturated heterocycles. The van der Waals surface area contributed by atoms with Crippen LogP contribution < -0.4 is 0 Å². The molecule has 0 aliphatic heterocycles. The molecule has 124 valence electrons. The summed E-state index contributed by atoms with van der Waals surface area (Å²) < 4.78 is 17.1. The second-order valence-electron chi connectivity index (χ2n) is 8.28. The average molecular weight is 349 g/mol. The molecular weight excluding hydrogens is 316 g/mol. The van der Waals surface area contributed by atoms with Crippen LogP contribution in [0.5, 0.6) is 0 Å². The molecule has 1 atom stereocenters. The van der Waals surface area contributed by atoms with Gasteiger partial charge in [0, 0.05) is 7.11 Å². The van der Waals surface area contributed by atoms with Crippen molar-refractivity contribution in [3.8, 4) is 0 Å². The lowest BCUT2D eigenvalue weighted by molar-refractivity contribution is -0.145. The lowest BCUT2D eigenvalue weighted by atomic mass is 10.3. The van der Waals surface area contributed by atoms with Gasteiger partial charge in [-0.3, -0.25) is 4.79 Å². The molecule has 0 heterocycles. The van der Waals surface area contributed by atoms with Crippen LogP contribution in [0, 0.1) is 0 Å². The zero-order valence-corrected chi connectivity index (χ0v) is 18.3. The molecule has 0 N–H and O–H groups in total. The van der Waals surface area contributed by atoms with Crippen molar-refractivity contribution in [2.45, 2.75) is 65.0 Å². The van der Waals surface area contributed by atoms with E-state index in [4.69, 9.17) is 13.6 Å².